The number of hydrogen-bond donors (Lipinski definition) is 0. The third-order valence-electron chi connectivity index (χ3n) is 3.47. The van der Waals surface area contributed by atoms with Crippen LogP contribution in [0.4, 0.5) is 5.95 Å². The van der Waals surface area contributed by atoms with E-state index in [-0.39, 0.29) is 10.6 Å². The Hall–Kier alpha value is -1.43. The zero-order chi connectivity index (χ0) is 14.7. The highest BCUT2D eigenvalue weighted by Crippen LogP contribution is 2.16. The Morgan fingerprint density at radius 2 is 1.48 bits per heavy atom. The Morgan fingerprint density at radius 3 is 2.10 bits per heavy atom. The lowest BCUT2D eigenvalue weighted by atomic mass is 10.2. The highest BCUT2D eigenvalue weighted by atomic mass is 35.5. The SMILES string of the molecule is Clc1nc(Cl)nc(N2CCN(Cc3ccccc3)CC2)n1. The highest BCUT2D eigenvalue weighted by molar-refractivity contribution is 6.31. The predicted molar refractivity (Wildman–Crippen MR) is 83.8 cm³/mol. The van der Waals surface area contributed by atoms with E-state index in [4.69, 9.17) is 23.2 Å². The standard InChI is InChI=1S/C14H15Cl2N5/c15-12-17-13(16)19-14(18-12)21-8-6-20(7-9-21)10-11-4-2-1-3-5-11/h1-5H,6-10H2. The maximum atomic E-state index is 5.82. The van der Waals surface area contributed by atoms with E-state index < -0.39 is 0 Å². The molecular formula is C14H15Cl2N5. The van der Waals surface area contributed by atoms with Gasteiger partial charge in [-0.2, -0.15) is 15.0 Å². The number of anilines is 1. The summed E-state index contributed by atoms with van der Waals surface area (Å²) in [5.41, 5.74) is 1.33. The average molecular weight is 324 g/mol. The summed E-state index contributed by atoms with van der Waals surface area (Å²) in [4.78, 5) is 16.5. The van der Waals surface area contributed by atoms with E-state index in [1.807, 2.05) is 6.07 Å². The second-order valence-corrected chi connectivity index (χ2v) is 5.60. The van der Waals surface area contributed by atoms with Gasteiger partial charge in [0.2, 0.25) is 16.5 Å². The van der Waals surface area contributed by atoms with Gasteiger partial charge < -0.3 is 4.90 Å². The monoisotopic (exact) mass is 323 g/mol. The number of rotatable bonds is 3. The molecule has 0 atom stereocenters. The van der Waals surface area contributed by atoms with Gasteiger partial charge in [-0.3, -0.25) is 4.90 Å². The van der Waals surface area contributed by atoms with Crippen molar-refractivity contribution >= 4 is 29.2 Å². The molecule has 5 nitrogen and oxygen atoms in total. The van der Waals surface area contributed by atoms with E-state index in [1.54, 1.807) is 0 Å². The topological polar surface area (TPSA) is 45.2 Å². The number of aromatic nitrogens is 3. The van der Waals surface area contributed by atoms with Crippen molar-refractivity contribution in [2.24, 2.45) is 0 Å². The predicted octanol–water partition coefficient (Wildman–Crippen LogP) is 2.50. The molecule has 7 heteroatoms. The largest absolute Gasteiger partial charge is 0.338 e. The Balaban J connectivity index is 1.60. The minimum absolute atomic E-state index is 0.136. The number of piperazine rings is 1. The minimum Gasteiger partial charge on any atom is -0.338 e. The van der Waals surface area contributed by atoms with Crippen LogP contribution in [-0.2, 0) is 6.54 Å². The number of hydrogen-bond acceptors (Lipinski definition) is 5. The lowest BCUT2D eigenvalue weighted by molar-refractivity contribution is 0.248. The number of halogens is 2. The van der Waals surface area contributed by atoms with Gasteiger partial charge in [-0.25, -0.2) is 0 Å². The fourth-order valence-electron chi connectivity index (χ4n) is 2.41. The van der Waals surface area contributed by atoms with Crippen LogP contribution in [-0.4, -0.2) is 46.0 Å². The Morgan fingerprint density at radius 1 is 0.857 bits per heavy atom. The maximum Gasteiger partial charge on any atom is 0.231 e. The van der Waals surface area contributed by atoms with E-state index in [2.05, 4.69) is 49.0 Å². The van der Waals surface area contributed by atoms with Gasteiger partial charge in [-0.15, -0.1) is 0 Å². The molecule has 1 aliphatic heterocycles. The highest BCUT2D eigenvalue weighted by Gasteiger charge is 2.20. The molecule has 0 unspecified atom stereocenters. The molecule has 1 aromatic carbocycles. The summed E-state index contributed by atoms with van der Waals surface area (Å²) in [5, 5.41) is 0.272. The van der Waals surface area contributed by atoms with Crippen molar-refractivity contribution in [1.29, 1.82) is 0 Å². The van der Waals surface area contributed by atoms with Crippen LogP contribution in [0.2, 0.25) is 10.6 Å². The number of nitrogens with zero attached hydrogens (tertiary/aromatic N) is 5. The molecule has 1 fully saturated rings. The van der Waals surface area contributed by atoms with Crippen LogP contribution in [0.25, 0.3) is 0 Å². The first-order valence-electron chi connectivity index (χ1n) is 6.79. The molecule has 110 valence electrons. The van der Waals surface area contributed by atoms with Crippen molar-refractivity contribution < 1.29 is 0 Å². The van der Waals surface area contributed by atoms with Gasteiger partial charge in [0.1, 0.15) is 0 Å². The first-order valence-corrected chi connectivity index (χ1v) is 7.54. The third-order valence-corrected chi connectivity index (χ3v) is 3.81. The molecule has 1 saturated heterocycles. The summed E-state index contributed by atoms with van der Waals surface area (Å²) in [6, 6.07) is 10.5. The van der Waals surface area contributed by atoms with Crippen molar-refractivity contribution in [3.63, 3.8) is 0 Å². The summed E-state index contributed by atoms with van der Waals surface area (Å²) in [6.07, 6.45) is 0. The molecule has 3 rings (SSSR count). The third kappa shape index (κ3) is 3.81. The molecule has 2 heterocycles. The normalized spacial score (nSPS) is 16.2. The molecule has 21 heavy (non-hydrogen) atoms. The summed E-state index contributed by atoms with van der Waals surface area (Å²) < 4.78 is 0. The second-order valence-electron chi connectivity index (χ2n) is 4.92. The van der Waals surface area contributed by atoms with Crippen LogP contribution in [0, 0.1) is 0 Å². The van der Waals surface area contributed by atoms with Gasteiger partial charge in [-0.1, -0.05) is 30.3 Å². The van der Waals surface area contributed by atoms with Crippen molar-refractivity contribution in [3.05, 3.63) is 46.5 Å². The molecule has 0 amide bonds. The Kier molecular flexibility index (Phi) is 4.53. The minimum atomic E-state index is 0.136. The first kappa shape index (κ1) is 14.5. The van der Waals surface area contributed by atoms with Crippen LogP contribution in [0.15, 0.2) is 30.3 Å². The summed E-state index contributed by atoms with van der Waals surface area (Å²) in [6.45, 7) is 4.58. The average Bonchev–Trinajstić information content (AvgIpc) is 2.48. The van der Waals surface area contributed by atoms with Crippen LogP contribution in [0.5, 0.6) is 0 Å². The molecule has 0 N–H and O–H groups in total. The quantitative estimate of drug-likeness (QED) is 0.868. The van der Waals surface area contributed by atoms with Crippen molar-refractivity contribution in [1.82, 2.24) is 19.9 Å². The van der Waals surface area contributed by atoms with E-state index >= 15 is 0 Å². The van der Waals surface area contributed by atoms with Gasteiger partial charge in [0, 0.05) is 32.7 Å². The number of benzene rings is 1. The van der Waals surface area contributed by atoms with E-state index in [9.17, 15) is 0 Å². The fourth-order valence-corrected chi connectivity index (χ4v) is 2.76. The van der Waals surface area contributed by atoms with Crippen LogP contribution in [0.1, 0.15) is 5.56 Å². The molecule has 0 radical (unpaired) electrons. The van der Waals surface area contributed by atoms with E-state index in [1.165, 1.54) is 5.56 Å². The van der Waals surface area contributed by atoms with Crippen molar-refractivity contribution in [2.75, 3.05) is 31.1 Å². The molecule has 0 spiro atoms. The zero-order valence-corrected chi connectivity index (χ0v) is 12.9. The Bertz CT molecular complexity index is 579. The lowest BCUT2D eigenvalue weighted by Crippen LogP contribution is -2.46. The molecule has 1 aromatic heterocycles. The van der Waals surface area contributed by atoms with Crippen LogP contribution in [0.3, 0.4) is 0 Å². The van der Waals surface area contributed by atoms with Gasteiger partial charge in [0.25, 0.3) is 0 Å². The molecule has 2 aromatic rings. The van der Waals surface area contributed by atoms with Gasteiger partial charge in [0.15, 0.2) is 0 Å². The fraction of sp³-hybridized carbons (Fsp3) is 0.357. The molecule has 0 bridgehead atoms. The summed E-state index contributed by atoms with van der Waals surface area (Å²) in [5.74, 6) is 0.555. The molecule has 0 saturated carbocycles. The maximum absolute atomic E-state index is 5.82. The second kappa shape index (κ2) is 6.56. The van der Waals surface area contributed by atoms with Crippen molar-refractivity contribution in [2.45, 2.75) is 6.54 Å². The molecule has 1 aliphatic rings. The van der Waals surface area contributed by atoms with Crippen LogP contribution < -0.4 is 4.90 Å². The van der Waals surface area contributed by atoms with E-state index in [0.29, 0.717) is 5.95 Å². The van der Waals surface area contributed by atoms with Gasteiger partial charge >= 0.3 is 0 Å². The molecular weight excluding hydrogens is 309 g/mol. The summed E-state index contributed by atoms with van der Waals surface area (Å²) in [7, 11) is 0. The van der Waals surface area contributed by atoms with Gasteiger partial charge in [-0.05, 0) is 28.8 Å². The Labute approximate surface area is 133 Å². The van der Waals surface area contributed by atoms with Crippen LogP contribution >= 0.6 is 23.2 Å². The smallest absolute Gasteiger partial charge is 0.231 e. The zero-order valence-electron chi connectivity index (χ0n) is 11.4. The molecule has 0 aliphatic carbocycles. The summed E-state index contributed by atoms with van der Waals surface area (Å²) >= 11 is 11.6. The van der Waals surface area contributed by atoms with Gasteiger partial charge in [0.05, 0.1) is 0 Å². The lowest BCUT2D eigenvalue weighted by Gasteiger charge is -2.34. The first-order chi connectivity index (χ1) is 10.2. The van der Waals surface area contributed by atoms with E-state index in [0.717, 1.165) is 32.7 Å². The van der Waals surface area contributed by atoms with Crippen molar-refractivity contribution in [3.8, 4) is 0 Å².